The van der Waals surface area contributed by atoms with Gasteiger partial charge in [-0.1, -0.05) is 26.0 Å². The zero-order chi connectivity index (χ0) is 9.07. The van der Waals surface area contributed by atoms with Crippen LogP contribution in [-0.2, 0) is 0 Å². The van der Waals surface area contributed by atoms with Crippen molar-refractivity contribution in [3.63, 3.8) is 0 Å². The maximum absolute atomic E-state index is 5.47. The molecule has 3 N–H and O–H groups in total. The number of rotatable bonds is 4. The first-order valence-electron chi connectivity index (χ1n) is 4.11. The molecule has 0 saturated heterocycles. The summed E-state index contributed by atoms with van der Waals surface area (Å²) in [6.45, 7) is 12.3. The summed E-state index contributed by atoms with van der Waals surface area (Å²) in [5.74, 6) is 5.88. The molecule has 11 heavy (non-hydrogen) atoms. The van der Waals surface area contributed by atoms with E-state index in [4.69, 9.17) is 5.84 Å². The van der Waals surface area contributed by atoms with Crippen LogP contribution in [0.5, 0.6) is 0 Å². The van der Waals surface area contributed by atoms with Crippen LogP contribution in [0.25, 0.3) is 0 Å². The van der Waals surface area contributed by atoms with Gasteiger partial charge in [0, 0.05) is 5.54 Å². The highest BCUT2D eigenvalue weighted by atomic mass is 15.3. The first kappa shape index (κ1) is 10.7. The van der Waals surface area contributed by atoms with E-state index >= 15 is 0 Å². The number of hydrazine groups is 1. The van der Waals surface area contributed by atoms with Gasteiger partial charge < -0.3 is 0 Å². The molecule has 0 radical (unpaired) electrons. The third-order valence-corrected chi connectivity index (χ3v) is 2.76. The van der Waals surface area contributed by atoms with E-state index in [1.165, 1.54) is 5.57 Å². The lowest BCUT2D eigenvalue weighted by Gasteiger charge is -2.34. The van der Waals surface area contributed by atoms with E-state index in [2.05, 4.69) is 32.8 Å². The molecular weight excluding hydrogens is 136 g/mol. The van der Waals surface area contributed by atoms with E-state index in [0.717, 1.165) is 6.42 Å². The number of nitrogens with two attached hydrogens (primary N) is 1. The third kappa shape index (κ3) is 2.31. The van der Waals surface area contributed by atoms with E-state index in [1.54, 1.807) is 0 Å². The fourth-order valence-corrected chi connectivity index (χ4v) is 1.08. The Balaban J connectivity index is 4.36. The predicted molar refractivity (Wildman–Crippen MR) is 50.0 cm³/mol. The first-order valence-corrected chi connectivity index (χ1v) is 4.11. The molecule has 0 aromatic heterocycles. The van der Waals surface area contributed by atoms with Gasteiger partial charge in [0.05, 0.1) is 0 Å². The standard InChI is InChI=1S/C9H20N2/c1-6-9(5,11-10)8(4)7(2)3/h8,11H,2,6,10H2,1,3-5H3. The van der Waals surface area contributed by atoms with Gasteiger partial charge in [-0.05, 0) is 26.2 Å². The van der Waals surface area contributed by atoms with Gasteiger partial charge in [0.15, 0.2) is 0 Å². The van der Waals surface area contributed by atoms with Gasteiger partial charge in [-0.25, -0.2) is 0 Å². The topological polar surface area (TPSA) is 38.0 Å². The quantitative estimate of drug-likeness (QED) is 0.370. The molecule has 0 aliphatic heterocycles. The minimum absolute atomic E-state index is 0.00810. The van der Waals surface area contributed by atoms with Gasteiger partial charge in [0.25, 0.3) is 0 Å². The zero-order valence-corrected chi connectivity index (χ0v) is 8.07. The Bertz CT molecular complexity index is 136. The van der Waals surface area contributed by atoms with Crippen molar-refractivity contribution < 1.29 is 0 Å². The second-order valence-corrected chi connectivity index (χ2v) is 3.48. The SMILES string of the molecule is C=C(C)C(C)C(C)(CC)NN. The van der Waals surface area contributed by atoms with Gasteiger partial charge in [-0.2, -0.15) is 0 Å². The van der Waals surface area contributed by atoms with Crippen LogP contribution < -0.4 is 11.3 Å². The molecule has 2 unspecified atom stereocenters. The van der Waals surface area contributed by atoms with Crippen molar-refractivity contribution in [2.24, 2.45) is 11.8 Å². The van der Waals surface area contributed by atoms with E-state index in [0.29, 0.717) is 5.92 Å². The largest absolute Gasteiger partial charge is 0.271 e. The minimum atomic E-state index is -0.00810. The van der Waals surface area contributed by atoms with Crippen molar-refractivity contribution in [1.82, 2.24) is 5.43 Å². The Kier molecular flexibility index (Phi) is 3.76. The van der Waals surface area contributed by atoms with Gasteiger partial charge in [-0.3, -0.25) is 11.3 Å². The van der Waals surface area contributed by atoms with E-state index in [1.807, 2.05) is 6.92 Å². The van der Waals surface area contributed by atoms with Crippen LogP contribution in [0.15, 0.2) is 12.2 Å². The van der Waals surface area contributed by atoms with Crippen LogP contribution in [0.1, 0.15) is 34.1 Å². The second kappa shape index (κ2) is 3.88. The van der Waals surface area contributed by atoms with Crippen LogP contribution in [0, 0.1) is 5.92 Å². The van der Waals surface area contributed by atoms with Gasteiger partial charge in [0.1, 0.15) is 0 Å². The van der Waals surface area contributed by atoms with Crippen LogP contribution in [0.3, 0.4) is 0 Å². The van der Waals surface area contributed by atoms with E-state index < -0.39 is 0 Å². The monoisotopic (exact) mass is 156 g/mol. The summed E-state index contributed by atoms with van der Waals surface area (Å²) in [6.07, 6.45) is 1.01. The van der Waals surface area contributed by atoms with E-state index in [9.17, 15) is 0 Å². The molecule has 66 valence electrons. The lowest BCUT2D eigenvalue weighted by Crippen LogP contribution is -2.51. The predicted octanol–water partition coefficient (Wildman–Crippen LogP) is 1.83. The minimum Gasteiger partial charge on any atom is -0.271 e. The van der Waals surface area contributed by atoms with Crippen molar-refractivity contribution in [1.29, 1.82) is 0 Å². The smallest absolute Gasteiger partial charge is 0.0352 e. The lowest BCUT2D eigenvalue weighted by atomic mass is 9.81. The number of hydrogen-bond donors (Lipinski definition) is 2. The van der Waals surface area contributed by atoms with Crippen molar-refractivity contribution >= 4 is 0 Å². The molecule has 2 heteroatoms. The fraction of sp³-hybridized carbons (Fsp3) is 0.778. The molecule has 0 bridgehead atoms. The molecule has 0 spiro atoms. The van der Waals surface area contributed by atoms with Gasteiger partial charge in [0.2, 0.25) is 0 Å². The average Bonchev–Trinajstić information content (AvgIpc) is 2.01. The molecule has 0 aliphatic rings. The van der Waals surface area contributed by atoms with E-state index in [-0.39, 0.29) is 5.54 Å². The van der Waals surface area contributed by atoms with Crippen LogP contribution >= 0.6 is 0 Å². The summed E-state index contributed by atoms with van der Waals surface area (Å²) >= 11 is 0. The summed E-state index contributed by atoms with van der Waals surface area (Å²) in [5, 5.41) is 0. The highest BCUT2D eigenvalue weighted by molar-refractivity contribution is 5.04. The lowest BCUT2D eigenvalue weighted by molar-refractivity contribution is 0.268. The number of hydrogen-bond acceptors (Lipinski definition) is 2. The first-order chi connectivity index (χ1) is 4.98. The third-order valence-electron chi connectivity index (χ3n) is 2.76. The Morgan fingerprint density at radius 3 is 2.27 bits per heavy atom. The molecule has 0 rings (SSSR count). The molecule has 2 nitrogen and oxygen atoms in total. The summed E-state index contributed by atoms with van der Waals surface area (Å²) in [4.78, 5) is 0. The summed E-state index contributed by atoms with van der Waals surface area (Å²) < 4.78 is 0. The normalized spacial score (nSPS) is 19.0. The summed E-state index contributed by atoms with van der Waals surface area (Å²) in [6, 6.07) is 0. The molecule has 0 aromatic carbocycles. The summed E-state index contributed by atoms with van der Waals surface area (Å²) in [5.41, 5.74) is 4.01. The Morgan fingerprint density at radius 1 is 1.73 bits per heavy atom. The highest BCUT2D eigenvalue weighted by Gasteiger charge is 2.27. The van der Waals surface area contributed by atoms with Crippen LogP contribution in [0.4, 0.5) is 0 Å². The van der Waals surface area contributed by atoms with Crippen molar-refractivity contribution in [3.8, 4) is 0 Å². The Labute approximate surface area is 69.8 Å². The molecule has 0 saturated carbocycles. The Hall–Kier alpha value is -0.340. The summed E-state index contributed by atoms with van der Waals surface area (Å²) in [7, 11) is 0. The maximum atomic E-state index is 5.47. The van der Waals surface area contributed by atoms with Crippen LogP contribution in [-0.4, -0.2) is 5.54 Å². The maximum Gasteiger partial charge on any atom is 0.0352 e. The molecule has 0 amide bonds. The molecule has 0 heterocycles. The second-order valence-electron chi connectivity index (χ2n) is 3.48. The molecule has 0 fully saturated rings. The van der Waals surface area contributed by atoms with Gasteiger partial charge in [-0.15, -0.1) is 0 Å². The molecular formula is C9H20N2. The molecule has 0 aromatic rings. The van der Waals surface area contributed by atoms with Crippen molar-refractivity contribution in [2.75, 3.05) is 0 Å². The zero-order valence-electron chi connectivity index (χ0n) is 8.07. The van der Waals surface area contributed by atoms with Crippen molar-refractivity contribution in [3.05, 3.63) is 12.2 Å². The van der Waals surface area contributed by atoms with Crippen LogP contribution in [0.2, 0.25) is 0 Å². The highest BCUT2D eigenvalue weighted by Crippen LogP contribution is 2.24. The Morgan fingerprint density at radius 2 is 2.18 bits per heavy atom. The molecule has 0 aliphatic carbocycles. The van der Waals surface area contributed by atoms with Crippen molar-refractivity contribution in [2.45, 2.75) is 39.7 Å². The fourth-order valence-electron chi connectivity index (χ4n) is 1.08. The average molecular weight is 156 g/mol. The van der Waals surface area contributed by atoms with Gasteiger partial charge >= 0.3 is 0 Å². The number of nitrogens with one attached hydrogen (secondary N) is 1. The molecule has 2 atom stereocenters.